The monoisotopic (exact) mass is 417 g/mol. The first-order valence-corrected chi connectivity index (χ1v) is 9.49. The summed E-state index contributed by atoms with van der Waals surface area (Å²) in [6, 6.07) is 10.8. The summed E-state index contributed by atoms with van der Waals surface area (Å²) in [5.74, 6) is -0.550. The fourth-order valence-corrected chi connectivity index (χ4v) is 3.43. The van der Waals surface area contributed by atoms with Gasteiger partial charge in [-0.3, -0.25) is 4.79 Å². The number of alkyl halides is 3. The Morgan fingerprint density at radius 3 is 2.50 bits per heavy atom. The van der Waals surface area contributed by atoms with Crippen molar-refractivity contribution in [1.82, 2.24) is 14.7 Å². The summed E-state index contributed by atoms with van der Waals surface area (Å²) in [5.41, 5.74) is 1.28. The number of hydrogen-bond donors (Lipinski definition) is 0. The van der Waals surface area contributed by atoms with E-state index in [4.69, 9.17) is 0 Å². The molecule has 0 N–H and O–H groups in total. The van der Waals surface area contributed by atoms with Crippen molar-refractivity contribution in [2.45, 2.75) is 31.5 Å². The van der Waals surface area contributed by atoms with Crippen molar-refractivity contribution in [3.63, 3.8) is 0 Å². The van der Waals surface area contributed by atoms with Gasteiger partial charge in [0.25, 0.3) is 5.91 Å². The summed E-state index contributed by atoms with van der Waals surface area (Å²) in [5, 5.41) is 4.25. The molecule has 1 saturated carbocycles. The number of carbonyl (C=O) groups excluding carboxylic acids is 1. The highest BCUT2D eigenvalue weighted by Crippen LogP contribution is 2.43. The number of halogens is 4. The minimum atomic E-state index is -4.46. The zero-order valence-corrected chi connectivity index (χ0v) is 16.2. The number of aromatic nitrogens is 2. The Balaban J connectivity index is 1.65. The van der Waals surface area contributed by atoms with Gasteiger partial charge in [0, 0.05) is 19.5 Å². The first kappa shape index (κ1) is 20.1. The maximum Gasteiger partial charge on any atom is 0.416 e. The van der Waals surface area contributed by atoms with Crippen LogP contribution in [0.25, 0.3) is 5.69 Å². The molecule has 1 fully saturated rings. The molecule has 0 unspecified atom stereocenters. The second-order valence-electron chi connectivity index (χ2n) is 7.47. The predicted molar refractivity (Wildman–Crippen MR) is 103 cm³/mol. The molecular weight excluding hydrogens is 398 g/mol. The third-order valence-electron chi connectivity index (χ3n) is 5.10. The second kappa shape index (κ2) is 7.59. The zero-order chi connectivity index (χ0) is 21.5. The first-order chi connectivity index (χ1) is 14.2. The third-order valence-corrected chi connectivity index (χ3v) is 5.10. The molecule has 1 aromatic heterocycles. The molecule has 0 bridgehead atoms. The summed E-state index contributed by atoms with van der Waals surface area (Å²) in [6.45, 7) is 0.276. The molecule has 0 atom stereocenters. The lowest BCUT2D eigenvalue weighted by molar-refractivity contribution is -0.137. The molecule has 0 spiro atoms. The molecule has 3 aromatic rings. The predicted octanol–water partition coefficient (Wildman–Crippen LogP) is 5.18. The molecule has 0 radical (unpaired) electrons. The fraction of sp³-hybridized carbons (Fsp3) is 0.273. The second-order valence-corrected chi connectivity index (χ2v) is 7.47. The van der Waals surface area contributed by atoms with Crippen LogP contribution in [0, 0.1) is 5.82 Å². The Hall–Kier alpha value is -3.16. The van der Waals surface area contributed by atoms with Gasteiger partial charge in [0.15, 0.2) is 0 Å². The Labute approximate surface area is 170 Å². The fourth-order valence-electron chi connectivity index (χ4n) is 3.43. The van der Waals surface area contributed by atoms with E-state index in [9.17, 15) is 22.4 Å². The number of benzene rings is 2. The van der Waals surface area contributed by atoms with Crippen molar-refractivity contribution in [1.29, 1.82) is 0 Å². The molecule has 4 rings (SSSR count). The number of rotatable bonds is 5. The number of nitrogens with zero attached hydrogens (tertiary/aromatic N) is 3. The van der Waals surface area contributed by atoms with Gasteiger partial charge < -0.3 is 4.90 Å². The normalized spacial score (nSPS) is 14.0. The van der Waals surface area contributed by atoms with E-state index in [1.807, 2.05) is 0 Å². The lowest BCUT2D eigenvalue weighted by Crippen LogP contribution is -2.27. The minimum absolute atomic E-state index is 0.0835. The molecule has 156 valence electrons. The summed E-state index contributed by atoms with van der Waals surface area (Å²) in [7, 11) is 1.63. The van der Waals surface area contributed by atoms with Gasteiger partial charge in [0.05, 0.1) is 28.7 Å². The van der Waals surface area contributed by atoms with E-state index < -0.39 is 11.7 Å². The smallest absolute Gasteiger partial charge is 0.337 e. The molecule has 2 aromatic carbocycles. The summed E-state index contributed by atoms with van der Waals surface area (Å²) >= 11 is 0. The van der Waals surface area contributed by atoms with Crippen molar-refractivity contribution in [2.24, 2.45) is 0 Å². The van der Waals surface area contributed by atoms with Crippen molar-refractivity contribution < 1.29 is 22.4 Å². The van der Waals surface area contributed by atoms with Gasteiger partial charge in [-0.25, -0.2) is 9.07 Å². The van der Waals surface area contributed by atoms with E-state index in [0.29, 0.717) is 11.3 Å². The molecule has 30 heavy (non-hydrogen) atoms. The Bertz CT molecular complexity index is 1070. The first-order valence-electron chi connectivity index (χ1n) is 9.49. The maximum atomic E-state index is 13.1. The molecule has 0 saturated heterocycles. The molecule has 1 amide bonds. The van der Waals surface area contributed by atoms with E-state index in [-0.39, 0.29) is 29.9 Å². The minimum Gasteiger partial charge on any atom is -0.337 e. The number of carbonyl (C=O) groups is 1. The van der Waals surface area contributed by atoms with E-state index >= 15 is 0 Å². The van der Waals surface area contributed by atoms with Gasteiger partial charge in [-0.15, -0.1) is 0 Å². The van der Waals surface area contributed by atoms with E-state index in [1.165, 1.54) is 34.0 Å². The topological polar surface area (TPSA) is 38.1 Å². The quantitative estimate of drug-likeness (QED) is 0.537. The zero-order valence-electron chi connectivity index (χ0n) is 16.2. The number of hydrogen-bond acceptors (Lipinski definition) is 2. The molecule has 1 aliphatic carbocycles. The van der Waals surface area contributed by atoms with Crippen LogP contribution < -0.4 is 0 Å². The third kappa shape index (κ3) is 4.08. The van der Waals surface area contributed by atoms with E-state index in [1.54, 1.807) is 25.2 Å². The largest absolute Gasteiger partial charge is 0.416 e. The van der Waals surface area contributed by atoms with Crippen molar-refractivity contribution >= 4 is 5.91 Å². The maximum absolute atomic E-state index is 13.1. The lowest BCUT2D eigenvalue weighted by atomic mass is 10.1. The van der Waals surface area contributed by atoms with Crippen molar-refractivity contribution in [2.75, 3.05) is 7.05 Å². The summed E-state index contributed by atoms with van der Waals surface area (Å²) in [6.07, 6.45) is -1.34. The number of amides is 1. The van der Waals surface area contributed by atoms with Crippen LogP contribution in [0.2, 0.25) is 0 Å². The Morgan fingerprint density at radius 2 is 1.87 bits per heavy atom. The highest BCUT2D eigenvalue weighted by atomic mass is 19.4. The average Bonchev–Trinajstić information content (AvgIpc) is 3.46. The van der Waals surface area contributed by atoms with Crippen molar-refractivity contribution in [3.8, 4) is 5.69 Å². The highest BCUT2D eigenvalue weighted by Gasteiger charge is 2.35. The van der Waals surface area contributed by atoms with Gasteiger partial charge in [-0.1, -0.05) is 18.2 Å². The van der Waals surface area contributed by atoms with Gasteiger partial charge in [0.1, 0.15) is 5.82 Å². The van der Waals surface area contributed by atoms with Crippen LogP contribution in [0.1, 0.15) is 45.9 Å². The van der Waals surface area contributed by atoms with Crippen molar-refractivity contribution in [3.05, 3.63) is 82.9 Å². The lowest BCUT2D eigenvalue weighted by Gasteiger charge is -2.18. The van der Waals surface area contributed by atoms with Crippen LogP contribution >= 0.6 is 0 Å². The standard InChI is InChI=1S/C22H19F4N3O/c1-28(13-14-5-9-17(23)10-6-14)21(30)19-12-27-29(20(19)15-7-8-15)18-4-2-3-16(11-18)22(24,25)26/h2-6,9-12,15H,7-8,13H2,1H3. The van der Waals surface area contributed by atoms with Gasteiger partial charge >= 0.3 is 6.18 Å². The van der Waals surface area contributed by atoms with Crippen LogP contribution in [0.4, 0.5) is 17.6 Å². The summed E-state index contributed by atoms with van der Waals surface area (Å²) in [4.78, 5) is 14.6. The molecule has 0 aliphatic heterocycles. The van der Waals surface area contributed by atoms with Crippen LogP contribution in [0.5, 0.6) is 0 Å². The van der Waals surface area contributed by atoms with Gasteiger partial charge in [-0.05, 0) is 48.7 Å². The Kier molecular flexibility index (Phi) is 5.09. The van der Waals surface area contributed by atoms with Crippen LogP contribution in [-0.2, 0) is 12.7 Å². The molecule has 1 heterocycles. The highest BCUT2D eigenvalue weighted by molar-refractivity contribution is 5.95. The average molecular weight is 417 g/mol. The molecule has 1 aliphatic rings. The summed E-state index contributed by atoms with van der Waals surface area (Å²) < 4.78 is 53.9. The van der Waals surface area contributed by atoms with Crippen LogP contribution in [0.15, 0.2) is 54.7 Å². The van der Waals surface area contributed by atoms with Crippen LogP contribution in [-0.4, -0.2) is 27.6 Å². The van der Waals surface area contributed by atoms with E-state index in [2.05, 4.69) is 5.10 Å². The van der Waals surface area contributed by atoms with Crippen LogP contribution in [0.3, 0.4) is 0 Å². The van der Waals surface area contributed by atoms with Gasteiger partial charge in [-0.2, -0.15) is 18.3 Å². The molecule has 4 nitrogen and oxygen atoms in total. The molecular formula is C22H19F4N3O. The SMILES string of the molecule is CN(Cc1ccc(F)cc1)C(=O)c1cnn(-c2cccc(C(F)(F)F)c2)c1C1CC1. The van der Waals surface area contributed by atoms with Gasteiger partial charge in [0.2, 0.25) is 0 Å². The molecule has 8 heteroatoms. The Morgan fingerprint density at radius 1 is 1.17 bits per heavy atom. The van der Waals surface area contributed by atoms with E-state index in [0.717, 1.165) is 30.5 Å².